The molecule has 0 atom stereocenters. The van der Waals surface area contributed by atoms with Gasteiger partial charge in [0.2, 0.25) is 0 Å². The first kappa shape index (κ1) is 38.2. The molecule has 68 heavy (non-hydrogen) atoms. The van der Waals surface area contributed by atoms with Crippen LogP contribution in [0, 0.1) is 0 Å². The molecule has 10 aromatic carbocycles. The highest BCUT2D eigenvalue weighted by Gasteiger charge is 2.59. The van der Waals surface area contributed by atoms with Crippen molar-refractivity contribution in [3.8, 4) is 64.0 Å². The molecule has 0 N–H and O–H groups in total. The lowest BCUT2D eigenvalue weighted by molar-refractivity contribution is 0.633. The van der Waals surface area contributed by atoms with E-state index in [0.29, 0.717) is 0 Å². The van der Waals surface area contributed by atoms with E-state index < -0.39 is 10.8 Å². The maximum absolute atomic E-state index is 2.62. The van der Waals surface area contributed by atoms with Crippen LogP contribution in [-0.2, 0) is 10.8 Å². The number of hydrogen-bond acceptors (Lipinski definition) is 2. The first-order valence-corrected chi connectivity index (χ1v) is 25.2. The molecule has 2 heteroatoms. The van der Waals surface area contributed by atoms with E-state index in [-0.39, 0.29) is 0 Å². The third-order valence-electron chi connectivity index (χ3n) is 15.4. The van der Waals surface area contributed by atoms with Crippen LogP contribution in [0.1, 0.15) is 44.5 Å². The van der Waals surface area contributed by atoms with Crippen molar-refractivity contribution in [2.24, 2.45) is 0 Å². The molecular weight excluding hydrogens is 857 g/mol. The third-order valence-corrected chi connectivity index (χ3v) is 17.9. The maximum atomic E-state index is 2.62. The zero-order valence-corrected chi connectivity index (χ0v) is 38.5. The molecule has 3 aliphatic carbocycles. The smallest absolute Gasteiger partial charge is 0.0720 e. The van der Waals surface area contributed by atoms with Gasteiger partial charge in [0, 0.05) is 25.1 Å². The van der Waals surface area contributed by atoms with Crippen LogP contribution in [0.15, 0.2) is 243 Å². The van der Waals surface area contributed by atoms with Crippen molar-refractivity contribution >= 4 is 44.2 Å². The lowest BCUT2D eigenvalue weighted by atomic mass is 9.52. The van der Waals surface area contributed by atoms with Crippen LogP contribution in [0.3, 0.4) is 0 Å². The summed E-state index contributed by atoms with van der Waals surface area (Å²) in [6, 6.07) is 92.1. The van der Waals surface area contributed by atoms with E-state index in [1.54, 1.807) is 0 Å². The highest BCUT2D eigenvalue weighted by Crippen LogP contribution is 2.68. The molecule has 12 aromatic rings. The first-order valence-electron chi connectivity index (χ1n) is 23.6. The zero-order chi connectivity index (χ0) is 44.6. The van der Waals surface area contributed by atoms with E-state index in [1.165, 1.54) is 130 Å². The quantitative estimate of drug-likeness (QED) is 0.154. The Morgan fingerprint density at radius 3 is 1.07 bits per heavy atom. The van der Waals surface area contributed by atoms with Crippen molar-refractivity contribution < 1.29 is 0 Å². The molecule has 0 fully saturated rings. The Morgan fingerprint density at radius 2 is 0.574 bits per heavy atom. The van der Waals surface area contributed by atoms with E-state index in [1.807, 2.05) is 22.7 Å². The molecule has 316 valence electrons. The number of fused-ring (bicyclic) bond motifs is 18. The predicted octanol–water partition coefficient (Wildman–Crippen LogP) is 17.8. The summed E-state index contributed by atoms with van der Waals surface area (Å²) in [6.07, 6.45) is 0. The normalized spacial score (nSPS) is 14.1. The Hall–Kier alpha value is -7.88. The van der Waals surface area contributed by atoms with Crippen LogP contribution in [-0.4, -0.2) is 0 Å². The largest absolute Gasteiger partial charge is 0.134 e. The van der Waals surface area contributed by atoms with Gasteiger partial charge in [0.05, 0.1) is 10.8 Å². The van der Waals surface area contributed by atoms with Gasteiger partial charge in [-0.1, -0.05) is 212 Å². The fourth-order valence-electron chi connectivity index (χ4n) is 12.9. The zero-order valence-electron chi connectivity index (χ0n) is 36.9. The molecular formula is C66H40S2. The van der Waals surface area contributed by atoms with Crippen LogP contribution >= 0.6 is 22.7 Å². The Balaban J connectivity index is 1.02. The van der Waals surface area contributed by atoms with E-state index in [0.717, 1.165) is 0 Å². The van der Waals surface area contributed by atoms with Crippen molar-refractivity contribution in [3.63, 3.8) is 0 Å². The van der Waals surface area contributed by atoms with Gasteiger partial charge in [0.25, 0.3) is 0 Å². The standard InChI is InChI=1S/C66H40S2/c1-2-18-41(19-3-1)59-36-37-60(67-59)61-38-39-62(68-61)64-49-26-6-4-24-47(49)63(48-25-5-7-27-50(48)64)42-34-35-57-58(40-42)66(53-30-14-10-22-45(53)46-23-11-15-31-54(46)66)56-33-17-16-32-55(56)65(57)51-28-12-8-20-43(51)44-21-9-13-29-52(44)65/h1-40H. The van der Waals surface area contributed by atoms with Crippen LogP contribution in [0.5, 0.6) is 0 Å². The number of hydrogen-bond donors (Lipinski definition) is 0. The molecule has 2 spiro atoms. The minimum absolute atomic E-state index is 0.523. The molecule has 0 saturated carbocycles. The Kier molecular flexibility index (Phi) is 8.05. The average Bonchev–Trinajstić information content (AvgIpc) is 4.22. The lowest BCUT2D eigenvalue weighted by Gasteiger charge is -2.49. The van der Waals surface area contributed by atoms with Gasteiger partial charge in [0.15, 0.2) is 0 Å². The molecule has 0 unspecified atom stereocenters. The second-order valence-electron chi connectivity index (χ2n) is 18.5. The molecule has 15 rings (SSSR count). The summed E-state index contributed by atoms with van der Waals surface area (Å²) in [4.78, 5) is 5.18. The van der Waals surface area contributed by atoms with Crippen molar-refractivity contribution in [2.45, 2.75) is 10.8 Å². The fourth-order valence-corrected chi connectivity index (χ4v) is 15.1. The maximum Gasteiger partial charge on any atom is 0.0720 e. The second-order valence-corrected chi connectivity index (χ2v) is 20.7. The Bertz CT molecular complexity index is 3900. The van der Waals surface area contributed by atoms with Crippen LogP contribution < -0.4 is 0 Å². The van der Waals surface area contributed by atoms with Crippen molar-refractivity contribution in [1.82, 2.24) is 0 Å². The van der Waals surface area contributed by atoms with Crippen LogP contribution in [0.2, 0.25) is 0 Å². The molecule has 0 radical (unpaired) electrons. The van der Waals surface area contributed by atoms with Crippen molar-refractivity contribution in [2.75, 3.05) is 0 Å². The van der Waals surface area contributed by atoms with E-state index >= 15 is 0 Å². The summed E-state index contributed by atoms with van der Waals surface area (Å²) >= 11 is 3.77. The van der Waals surface area contributed by atoms with E-state index in [2.05, 4.69) is 243 Å². The lowest BCUT2D eigenvalue weighted by Crippen LogP contribution is -2.43. The average molecular weight is 897 g/mol. The second kappa shape index (κ2) is 14.3. The fraction of sp³-hybridized carbons (Fsp3) is 0.0303. The molecule has 0 bridgehead atoms. The molecule has 0 amide bonds. The third kappa shape index (κ3) is 4.93. The number of thiophene rings is 2. The van der Waals surface area contributed by atoms with Crippen molar-refractivity contribution in [1.29, 1.82) is 0 Å². The molecule has 0 aliphatic heterocycles. The summed E-state index contributed by atoms with van der Waals surface area (Å²) in [5.74, 6) is 0. The van der Waals surface area contributed by atoms with Gasteiger partial charge in [-0.2, -0.15) is 0 Å². The van der Waals surface area contributed by atoms with E-state index in [4.69, 9.17) is 0 Å². The summed E-state index contributed by atoms with van der Waals surface area (Å²) < 4.78 is 0. The van der Waals surface area contributed by atoms with Crippen LogP contribution in [0.4, 0.5) is 0 Å². The topological polar surface area (TPSA) is 0 Å². The van der Waals surface area contributed by atoms with Gasteiger partial charge in [-0.3, -0.25) is 0 Å². The van der Waals surface area contributed by atoms with Gasteiger partial charge in [-0.05, 0) is 135 Å². The van der Waals surface area contributed by atoms with Gasteiger partial charge >= 0.3 is 0 Å². The van der Waals surface area contributed by atoms with Gasteiger partial charge < -0.3 is 0 Å². The van der Waals surface area contributed by atoms with Gasteiger partial charge in [0.1, 0.15) is 0 Å². The molecule has 3 aliphatic rings. The minimum atomic E-state index is -0.562. The SMILES string of the molecule is c1ccc(-c2ccc(-c3ccc(-c4c5ccccc5c(-c5ccc6c(c5)C5(c7ccccc7-c7ccccc75)c5ccccc5C65c6ccccc6-c6ccccc65)c5ccccc45)s3)s2)cc1. The molecule has 2 aromatic heterocycles. The first-order chi connectivity index (χ1) is 33.7. The Morgan fingerprint density at radius 1 is 0.221 bits per heavy atom. The highest BCUT2D eigenvalue weighted by molar-refractivity contribution is 7.25. The van der Waals surface area contributed by atoms with Gasteiger partial charge in [-0.25, -0.2) is 0 Å². The molecule has 2 heterocycles. The summed E-state index contributed by atoms with van der Waals surface area (Å²) in [7, 11) is 0. The number of rotatable bonds is 4. The van der Waals surface area contributed by atoms with Crippen LogP contribution in [0.25, 0.3) is 85.6 Å². The summed E-state index contributed by atoms with van der Waals surface area (Å²) in [6.45, 7) is 0. The van der Waals surface area contributed by atoms with Gasteiger partial charge in [-0.15, -0.1) is 22.7 Å². The predicted molar refractivity (Wildman–Crippen MR) is 287 cm³/mol. The minimum Gasteiger partial charge on any atom is -0.134 e. The summed E-state index contributed by atoms with van der Waals surface area (Å²) in [5, 5.41) is 5.08. The Labute approximate surface area is 403 Å². The van der Waals surface area contributed by atoms with E-state index in [9.17, 15) is 0 Å². The molecule has 0 saturated heterocycles. The molecule has 0 nitrogen and oxygen atoms in total. The number of benzene rings is 10. The highest BCUT2D eigenvalue weighted by atomic mass is 32.1. The summed E-state index contributed by atoms with van der Waals surface area (Å²) in [5.41, 5.74) is 20.1. The monoisotopic (exact) mass is 896 g/mol. The van der Waals surface area contributed by atoms with Crippen molar-refractivity contribution in [3.05, 3.63) is 287 Å².